The van der Waals surface area contributed by atoms with Gasteiger partial charge in [0.1, 0.15) is 17.9 Å². The zero-order valence-corrected chi connectivity index (χ0v) is 13.8. The van der Waals surface area contributed by atoms with Gasteiger partial charge in [0, 0.05) is 31.6 Å². The molecule has 0 N–H and O–H groups in total. The van der Waals surface area contributed by atoms with E-state index in [1.54, 1.807) is 23.1 Å². The topological polar surface area (TPSA) is 79.4 Å². The molecule has 1 unspecified atom stereocenters. The Bertz CT molecular complexity index is 774. The van der Waals surface area contributed by atoms with Crippen molar-refractivity contribution in [3.05, 3.63) is 47.0 Å². The summed E-state index contributed by atoms with van der Waals surface area (Å²) < 4.78 is 11.4. The Hall–Kier alpha value is -2.81. The second kappa shape index (κ2) is 6.75. The molecule has 1 saturated heterocycles. The second-order valence-corrected chi connectivity index (χ2v) is 5.85. The third-order valence-electron chi connectivity index (χ3n) is 4.14. The van der Waals surface area contributed by atoms with Crippen molar-refractivity contribution in [2.24, 2.45) is 0 Å². The van der Waals surface area contributed by atoms with Gasteiger partial charge >= 0.3 is 0 Å². The van der Waals surface area contributed by atoms with E-state index in [-0.39, 0.29) is 12.0 Å². The molecule has 124 valence electrons. The predicted molar refractivity (Wildman–Crippen MR) is 86.7 cm³/mol. The van der Waals surface area contributed by atoms with Crippen LogP contribution in [-0.4, -0.2) is 35.0 Å². The van der Waals surface area contributed by atoms with Crippen LogP contribution in [0.5, 0.6) is 5.88 Å². The fourth-order valence-corrected chi connectivity index (χ4v) is 2.83. The SMILES string of the molecule is CCc1oc(C(=O)N2CCC(Oc3ccc(C#N)cn3)C2)cc1C. The number of furan rings is 1. The Morgan fingerprint density at radius 1 is 1.54 bits per heavy atom. The molecule has 0 spiro atoms. The summed E-state index contributed by atoms with van der Waals surface area (Å²) in [6.07, 6.45) is 2.89. The minimum absolute atomic E-state index is 0.100. The minimum Gasteiger partial charge on any atom is -0.472 e. The maximum absolute atomic E-state index is 12.5. The Labute approximate surface area is 140 Å². The highest BCUT2D eigenvalue weighted by molar-refractivity contribution is 5.92. The summed E-state index contributed by atoms with van der Waals surface area (Å²) in [5.74, 6) is 1.61. The van der Waals surface area contributed by atoms with Gasteiger partial charge in [-0.05, 0) is 24.6 Å². The summed E-state index contributed by atoms with van der Waals surface area (Å²) >= 11 is 0. The number of carbonyl (C=O) groups is 1. The number of carbonyl (C=O) groups excluding carboxylic acids is 1. The molecule has 1 atom stereocenters. The van der Waals surface area contributed by atoms with Gasteiger partial charge in [0.2, 0.25) is 5.88 Å². The summed E-state index contributed by atoms with van der Waals surface area (Å²) in [5, 5.41) is 8.77. The quantitative estimate of drug-likeness (QED) is 0.863. The number of likely N-dealkylation sites (tertiary alicyclic amines) is 1. The van der Waals surface area contributed by atoms with Crippen LogP contribution in [0.25, 0.3) is 0 Å². The van der Waals surface area contributed by atoms with Crippen LogP contribution in [0.3, 0.4) is 0 Å². The number of aromatic nitrogens is 1. The molecule has 1 aliphatic rings. The summed E-state index contributed by atoms with van der Waals surface area (Å²) in [5.41, 5.74) is 1.50. The molecule has 0 radical (unpaired) electrons. The molecule has 0 bridgehead atoms. The molecule has 6 heteroatoms. The number of nitrogens with zero attached hydrogens (tertiary/aromatic N) is 3. The molecule has 1 fully saturated rings. The lowest BCUT2D eigenvalue weighted by Gasteiger charge is -2.15. The van der Waals surface area contributed by atoms with E-state index in [1.807, 2.05) is 19.9 Å². The molecule has 1 aliphatic heterocycles. The molecule has 2 aromatic rings. The van der Waals surface area contributed by atoms with Crippen molar-refractivity contribution in [2.45, 2.75) is 32.8 Å². The number of hydrogen-bond acceptors (Lipinski definition) is 5. The lowest BCUT2D eigenvalue weighted by molar-refractivity contribution is 0.0738. The van der Waals surface area contributed by atoms with Crippen molar-refractivity contribution in [1.82, 2.24) is 9.88 Å². The monoisotopic (exact) mass is 325 g/mol. The molecule has 0 aromatic carbocycles. The van der Waals surface area contributed by atoms with E-state index in [2.05, 4.69) is 4.98 Å². The number of amides is 1. The molecule has 0 aliphatic carbocycles. The summed E-state index contributed by atoms with van der Waals surface area (Å²) in [7, 11) is 0. The molecule has 1 amide bonds. The fourth-order valence-electron chi connectivity index (χ4n) is 2.83. The van der Waals surface area contributed by atoms with Crippen LogP contribution in [0.15, 0.2) is 28.8 Å². The zero-order chi connectivity index (χ0) is 17.1. The maximum Gasteiger partial charge on any atom is 0.289 e. The highest BCUT2D eigenvalue weighted by atomic mass is 16.5. The van der Waals surface area contributed by atoms with Crippen LogP contribution < -0.4 is 4.74 Å². The van der Waals surface area contributed by atoms with Crippen molar-refractivity contribution >= 4 is 5.91 Å². The first-order chi connectivity index (χ1) is 11.6. The molecule has 2 aromatic heterocycles. The third kappa shape index (κ3) is 3.25. The van der Waals surface area contributed by atoms with E-state index < -0.39 is 0 Å². The van der Waals surface area contributed by atoms with Crippen molar-refractivity contribution in [3.8, 4) is 11.9 Å². The van der Waals surface area contributed by atoms with Crippen molar-refractivity contribution < 1.29 is 13.9 Å². The number of aryl methyl sites for hydroxylation is 2. The van der Waals surface area contributed by atoms with Gasteiger partial charge < -0.3 is 14.1 Å². The number of hydrogen-bond donors (Lipinski definition) is 0. The lowest BCUT2D eigenvalue weighted by atomic mass is 10.2. The predicted octanol–water partition coefficient (Wildman–Crippen LogP) is 2.71. The van der Waals surface area contributed by atoms with Gasteiger partial charge in [0.15, 0.2) is 5.76 Å². The number of rotatable bonds is 4. The fraction of sp³-hybridized carbons (Fsp3) is 0.389. The van der Waals surface area contributed by atoms with Crippen molar-refractivity contribution in [3.63, 3.8) is 0 Å². The van der Waals surface area contributed by atoms with Crippen LogP contribution in [0, 0.1) is 18.3 Å². The molecular weight excluding hydrogens is 306 g/mol. The number of pyridine rings is 1. The van der Waals surface area contributed by atoms with Gasteiger partial charge in [-0.3, -0.25) is 4.79 Å². The first-order valence-corrected chi connectivity index (χ1v) is 8.02. The molecule has 24 heavy (non-hydrogen) atoms. The average molecular weight is 325 g/mol. The molecule has 0 saturated carbocycles. The van der Waals surface area contributed by atoms with Crippen LogP contribution in [0.4, 0.5) is 0 Å². The maximum atomic E-state index is 12.5. The summed E-state index contributed by atoms with van der Waals surface area (Å²) in [4.78, 5) is 18.4. The number of ether oxygens (including phenoxy) is 1. The normalized spacial score (nSPS) is 16.9. The third-order valence-corrected chi connectivity index (χ3v) is 4.14. The Kier molecular flexibility index (Phi) is 4.52. The summed E-state index contributed by atoms with van der Waals surface area (Å²) in [6, 6.07) is 7.16. The van der Waals surface area contributed by atoms with E-state index in [1.165, 1.54) is 6.20 Å². The second-order valence-electron chi connectivity index (χ2n) is 5.85. The molecule has 6 nitrogen and oxygen atoms in total. The van der Waals surface area contributed by atoms with E-state index >= 15 is 0 Å². The lowest BCUT2D eigenvalue weighted by Crippen LogP contribution is -2.30. The van der Waals surface area contributed by atoms with Crippen molar-refractivity contribution in [1.29, 1.82) is 5.26 Å². The van der Waals surface area contributed by atoms with Gasteiger partial charge in [0.05, 0.1) is 12.1 Å². The smallest absolute Gasteiger partial charge is 0.289 e. The van der Waals surface area contributed by atoms with Crippen LogP contribution >= 0.6 is 0 Å². The first kappa shape index (κ1) is 16.1. The van der Waals surface area contributed by atoms with Gasteiger partial charge in [-0.25, -0.2) is 4.98 Å². The standard InChI is InChI=1S/C18H19N3O3/c1-3-15-12(2)8-16(24-15)18(22)21-7-6-14(11-21)23-17-5-4-13(9-19)10-20-17/h4-5,8,10,14H,3,6-7,11H2,1-2H3. The van der Waals surface area contributed by atoms with E-state index in [9.17, 15) is 4.79 Å². The Morgan fingerprint density at radius 3 is 3.00 bits per heavy atom. The molecule has 3 heterocycles. The summed E-state index contributed by atoms with van der Waals surface area (Å²) in [6.45, 7) is 5.08. The molecule has 3 rings (SSSR count). The van der Waals surface area contributed by atoms with Gasteiger partial charge in [0.25, 0.3) is 5.91 Å². The van der Waals surface area contributed by atoms with E-state index in [0.29, 0.717) is 30.3 Å². The Morgan fingerprint density at radius 2 is 2.38 bits per heavy atom. The highest BCUT2D eigenvalue weighted by Gasteiger charge is 2.30. The zero-order valence-electron chi connectivity index (χ0n) is 13.8. The number of nitriles is 1. The highest BCUT2D eigenvalue weighted by Crippen LogP contribution is 2.21. The van der Waals surface area contributed by atoms with E-state index in [4.69, 9.17) is 14.4 Å². The van der Waals surface area contributed by atoms with E-state index in [0.717, 1.165) is 24.2 Å². The van der Waals surface area contributed by atoms with Gasteiger partial charge in [-0.2, -0.15) is 5.26 Å². The van der Waals surface area contributed by atoms with Crippen LogP contribution in [0.1, 0.15) is 40.8 Å². The first-order valence-electron chi connectivity index (χ1n) is 8.02. The minimum atomic E-state index is -0.101. The van der Waals surface area contributed by atoms with Crippen LogP contribution in [0.2, 0.25) is 0 Å². The molecular formula is C18H19N3O3. The largest absolute Gasteiger partial charge is 0.472 e. The van der Waals surface area contributed by atoms with Crippen LogP contribution in [-0.2, 0) is 6.42 Å². The Balaban J connectivity index is 1.61. The average Bonchev–Trinajstić information content (AvgIpc) is 3.21. The van der Waals surface area contributed by atoms with Gasteiger partial charge in [-0.1, -0.05) is 6.92 Å². The van der Waals surface area contributed by atoms with Gasteiger partial charge in [-0.15, -0.1) is 0 Å². The van der Waals surface area contributed by atoms with Crippen molar-refractivity contribution in [2.75, 3.05) is 13.1 Å².